The number of carbonyl (C=O) groups excluding carboxylic acids is 4. The first kappa shape index (κ1) is 22.1. The second kappa shape index (κ2) is 7.41. The van der Waals surface area contributed by atoms with E-state index in [2.05, 4.69) is 5.32 Å². The number of ketones is 1. The minimum Gasteiger partial charge on any atom is -0.483 e. The quantitative estimate of drug-likeness (QED) is 0.640. The molecule has 0 radical (unpaired) electrons. The van der Waals surface area contributed by atoms with Crippen LogP contribution < -0.4 is 10.1 Å². The van der Waals surface area contributed by atoms with E-state index >= 15 is 0 Å². The lowest BCUT2D eigenvalue weighted by Crippen LogP contribution is -2.56. The van der Waals surface area contributed by atoms with Gasteiger partial charge in [-0.3, -0.25) is 19.2 Å². The Labute approximate surface area is 197 Å². The van der Waals surface area contributed by atoms with Gasteiger partial charge in [-0.15, -0.1) is 0 Å². The summed E-state index contributed by atoms with van der Waals surface area (Å²) in [5.74, 6) is -0.763. The summed E-state index contributed by atoms with van der Waals surface area (Å²) in [7, 11) is 0. The van der Waals surface area contributed by atoms with Gasteiger partial charge in [0.25, 0.3) is 11.8 Å². The molecule has 1 saturated heterocycles. The zero-order valence-corrected chi connectivity index (χ0v) is 19.7. The third-order valence-electron chi connectivity index (χ3n) is 6.71. The molecule has 5 rings (SSSR count). The van der Waals surface area contributed by atoms with E-state index in [0.29, 0.717) is 35.7 Å². The first-order valence-electron chi connectivity index (χ1n) is 11.4. The van der Waals surface area contributed by atoms with Crippen molar-refractivity contribution in [3.63, 3.8) is 0 Å². The van der Waals surface area contributed by atoms with Crippen molar-refractivity contribution in [1.82, 2.24) is 9.80 Å². The van der Waals surface area contributed by atoms with Crippen LogP contribution in [0.1, 0.15) is 56.5 Å². The Bertz CT molecular complexity index is 1240. The lowest BCUT2D eigenvalue weighted by atomic mass is 9.91. The molecule has 1 N–H and O–H groups in total. The molecule has 1 aromatic rings. The Morgan fingerprint density at radius 2 is 1.82 bits per heavy atom. The Hall–Kier alpha value is -3.68. The average molecular weight is 462 g/mol. The molecule has 0 spiro atoms. The molecule has 1 unspecified atom stereocenters. The molecule has 3 amide bonds. The fraction of sp³-hybridized carbons (Fsp3) is 0.385. The van der Waals surface area contributed by atoms with Crippen molar-refractivity contribution >= 4 is 35.3 Å². The van der Waals surface area contributed by atoms with E-state index in [-0.39, 0.29) is 35.5 Å². The van der Waals surface area contributed by atoms with Crippen molar-refractivity contribution in [3.05, 3.63) is 53.4 Å². The highest BCUT2D eigenvalue weighted by atomic mass is 16.5. The van der Waals surface area contributed by atoms with Gasteiger partial charge in [-0.25, -0.2) is 0 Å². The molecule has 34 heavy (non-hydrogen) atoms. The molecule has 4 aliphatic heterocycles. The summed E-state index contributed by atoms with van der Waals surface area (Å²) in [5, 5.41) is 2.93. The summed E-state index contributed by atoms with van der Waals surface area (Å²) in [5.41, 5.74) is 0.00784. The highest BCUT2D eigenvalue weighted by Gasteiger charge is 2.45. The van der Waals surface area contributed by atoms with Crippen LogP contribution in [0.4, 0.5) is 5.69 Å². The van der Waals surface area contributed by atoms with E-state index in [1.807, 2.05) is 26.0 Å². The van der Waals surface area contributed by atoms with E-state index in [1.54, 1.807) is 38.1 Å². The van der Waals surface area contributed by atoms with E-state index in [1.165, 1.54) is 16.0 Å². The number of nitrogens with zero attached hydrogens (tertiary/aromatic N) is 2. The number of carbonyl (C=O) groups is 4. The molecule has 176 valence electrons. The van der Waals surface area contributed by atoms with Gasteiger partial charge in [0.05, 0.1) is 11.1 Å². The summed E-state index contributed by atoms with van der Waals surface area (Å²) < 4.78 is 6.04. The van der Waals surface area contributed by atoms with Gasteiger partial charge >= 0.3 is 0 Å². The van der Waals surface area contributed by atoms with Crippen molar-refractivity contribution in [1.29, 1.82) is 0 Å². The van der Waals surface area contributed by atoms with Crippen LogP contribution in [-0.2, 0) is 14.4 Å². The fourth-order valence-corrected chi connectivity index (χ4v) is 4.65. The smallest absolute Gasteiger partial charge is 0.274 e. The van der Waals surface area contributed by atoms with Crippen LogP contribution >= 0.6 is 0 Å². The molecule has 1 fully saturated rings. The molecule has 8 heteroatoms. The lowest BCUT2D eigenvalue weighted by Gasteiger charge is -2.38. The molecule has 0 aromatic heterocycles. The van der Waals surface area contributed by atoms with E-state index < -0.39 is 17.1 Å². The Morgan fingerprint density at radius 1 is 1.06 bits per heavy atom. The SMILES string of the molecule is CC1(C)C=Cc2c(ccc3c2NC(=O)C(C)(C)/C=C/N2C(=O)C4=CCCN4C(=O)C2CC3=O)O1. The van der Waals surface area contributed by atoms with Crippen LogP contribution in [0.15, 0.2) is 42.3 Å². The zero-order valence-electron chi connectivity index (χ0n) is 19.7. The first-order valence-corrected chi connectivity index (χ1v) is 11.4. The van der Waals surface area contributed by atoms with Gasteiger partial charge in [0, 0.05) is 30.3 Å². The number of anilines is 1. The molecule has 0 saturated carbocycles. The zero-order chi connectivity index (χ0) is 24.4. The molecule has 1 atom stereocenters. The van der Waals surface area contributed by atoms with Gasteiger partial charge in [-0.2, -0.15) is 0 Å². The Balaban J connectivity index is 1.65. The second-order valence-corrected chi connectivity index (χ2v) is 10.2. The van der Waals surface area contributed by atoms with Gasteiger partial charge in [-0.1, -0.05) is 12.2 Å². The van der Waals surface area contributed by atoms with Gasteiger partial charge in [-0.05, 0) is 58.4 Å². The minimum absolute atomic E-state index is 0.198. The molecule has 0 bridgehead atoms. The van der Waals surface area contributed by atoms with Crippen LogP contribution in [0.5, 0.6) is 5.75 Å². The molecule has 8 nitrogen and oxygen atoms in total. The molecule has 4 heterocycles. The monoisotopic (exact) mass is 461 g/mol. The standard InChI is InChI=1S/C26H27N3O5/c1-25(2)11-13-29-18(23(32)28-12-5-6-17(28)22(29)31)14-19(30)15-7-8-20-16(21(15)27-24(25)33)9-10-26(3,4)34-20/h6-11,13,18H,5,12,14H2,1-4H3,(H,27,33)/b13-11+. The highest BCUT2D eigenvalue weighted by molar-refractivity contribution is 6.12. The summed E-state index contributed by atoms with van der Waals surface area (Å²) in [6, 6.07) is 2.34. The van der Waals surface area contributed by atoms with Gasteiger partial charge in [0.15, 0.2) is 5.78 Å². The summed E-state index contributed by atoms with van der Waals surface area (Å²) in [4.78, 5) is 56.2. The second-order valence-electron chi connectivity index (χ2n) is 10.2. The van der Waals surface area contributed by atoms with E-state index in [0.717, 1.165) is 0 Å². The van der Waals surface area contributed by atoms with Crippen molar-refractivity contribution in [3.8, 4) is 5.75 Å². The summed E-state index contributed by atoms with van der Waals surface area (Å²) in [6.07, 6.45) is 8.93. The Morgan fingerprint density at radius 3 is 2.59 bits per heavy atom. The van der Waals surface area contributed by atoms with Crippen molar-refractivity contribution < 1.29 is 23.9 Å². The molecule has 4 aliphatic rings. The largest absolute Gasteiger partial charge is 0.483 e. The summed E-state index contributed by atoms with van der Waals surface area (Å²) in [6.45, 7) is 7.70. The van der Waals surface area contributed by atoms with Gasteiger partial charge in [0.2, 0.25) is 5.91 Å². The number of amides is 3. The van der Waals surface area contributed by atoms with Crippen LogP contribution in [0, 0.1) is 5.41 Å². The van der Waals surface area contributed by atoms with Crippen LogP contribution in [0.25, 0.3) is 6.08 Å². The molecule has 1 aromatic carbocycles. The number of fused-ring (bicyclic) bond motifs is 5. The third-order valence-corrected chi connectivity index (χ3v) is 6.71. The maximum atomic E-state index is 13.6. The highest BCUT2D eigenvalue weighted by Crippen LogP contribution is 2.40. The molecular formula is C26H27N3O5. The third kappa shape index (κ3) is 3.45. The number of hydrogen-bond acceptors (Lipinski definition) is 5. The van der Waals surface area contributed by atoms with Crippen LogP contribution in [0.3, 0.4) is 0 Å². The van der Waals surface area contributed by atoms with Crippen LogP contribution in [-0.4, -0.2) is 51.5 Å². The number of benzene rings is 1. The maximum absolute atomic E-state index is 13.6. The number of Topliss-reactive ketones (excluding diaryl/α,β-unsaturated/α-hetero) is 1. The normalized spacial score (nSPS) is 25.8. The van der Waals surface area contributed by atoms with Crippen molar-refractivity contribution in [2.45, 2.75) is 52.2 Å². The van der Waals surface area contributed by atoms with Gasteiger partial charge < -0.3 is 19.9 Å². The summed E-state index contributed by atoms with van der Waals surface area (Å²) >= 11 is 0. The fourth-order valence-electron chi connectivity index (χ4n) is 4.65. The number of hydrogen-bond donors (Lipinski definition) is 1. The predicted molar refractivity (Wildman–Crippen MR) is 126 cm³/mol. The minimum atomic E-state index is -1.03. The lowest BCUT2D eigenvalue weighted by molar-refractivity contribution is -0.147. The molecule has 0 aliphatic carbocycles. The predicted octanol–water partition coefficient (Wildman–Crippen LogP) is 3.26. The van der Waals surface area contributed by atoms with Crippen molar-refractivity contribution in [2.75, 3.05) is 11.9 Å². The number of rotatable bonds is 0. The number of piperazine rings is 1. The van der Waals surface area contributed by atoms with E-state index in [4.69, 9.17) is 4.74 Å². The number of ether oxygens (including phenoxy) is 1. The van der Waals surface area contributed by atoms with E-state index in [9.17, 15) is 19.2 Å². The maximum Gasteiger partial charge on any atom is 0.274 e. The average Bonchev–Trinajstić information content (AvgIpc) is 3.26. The van der Waals surface area contributed by atoms with Gasteiger partial charge in [0.1, 0.15) is 23.1 Å². The van der Waals surface area contributed by atoms with Crippen LogP contribution in [0.2, 0.25) is 0 Å². The topological polar surface area (TPSA) is 96.0 Å². The number of nitrogens with one attached hydrogen (secondary N) is 1. The first-order chi connectivity index (χ1) is 16.0. The van der Waals surface area contributed by atoms with Crippen molar-refractivity contribution in [2.24, 2.45) is 5.41 Å². The Kier molecular flexibility index (Phi) is 4.83. The molecular weight excluding hydrogens is 434 g/mol.